The van der Waals surface area contributed by atoms with Crippen molar-refractivity contribution in [3.8, 4) is 0 Å². The molecule has 8 nitrogen and oxygen atoms in total. The average Bonchev–Trinajstić information content (AvgIpc) is 2.46. The molecule has 0 aromatic heterocycles. The van der Waals surface area contributed by atoms with Gasteiger partial charge in [0, 0.05) is 26.2 Å². The summed E-state index contributed by atoms with van der Waals surface area (Å²) in [6, 6.07) is 0. The number of hydrogen-bond acceptors (Lipinski definition) is 8. The summed E-state index contributed by atoms with van der Waals surface area (Å²) in [6.07, 6.45) is 1.66. The van der Waals surface area contributed by atoms with E-state index >= 15 is 0 Å². The Morgan fingerprint density at radius 1 is 0.792 bits per heavy atom. The molecule has 2 aliphatic rings. The van der Waals surface area contributed by atoms with Crippen molar-refractivity contribution in [1.82, 2.24) is 10.1 Å². The third-order valence-corrected chi connectivity index (χ3v) is 3.71. The van der Waals surface area contributed by atoms with Gasteiger partial charge >= 0.3 is 0 Å². The number of amidine groups is 2. The fourth-order valence-electron chi connectivity index (χ4n) is 2.54. The molecule has 2 rings (SSSR count). The van der Waals surface area contributed by atoms with Crippen LogP contribution in [0, 0.1) is 0 Å². The molecule has 24 heavy (non-hydrogen) atoms. The van der Waals surface area contributed by atoms with Crippen LogP contribution in [0.15, 0.2) is 20.2 Å². The molecule has 0 radical (unpaired) electrons. The van der Waals surface area contributed by atoms with Gasteiger partial charge in [0.2, 0.25) is 0 Å². The Hall–Kier alpha value is -0.960. The van der Waals surface area contributed by atoms with Crippen molar-refractivity contribution < 1.29 is 10.4 Å². The van der Waals surface area contributed by atoms with Gasteiger partial charge in [-0.25, -0.2) is 10.1 Å². The molecule has 0 spiro atoms. The second kappa shape index (κ2) is 8.94. The van der Waals surface area contributed by atoms with Crippen LogP contribution in [0.1, 0.15) is 40.5 Å². The summed E-state index contributed by atoms with van der Waals surface area (Å²) >= 11 is 0. The third kappa shape index (κ3) is 5.27. The van der Waals surface area contributed by atoms with Gasteiger partial charge in [-0.15, -0.1) is 24.8 Å². The molecular formula is C14H28Cl2N6O2. The SMILES string of the molecule is CC(C)(/N=N/C(C)(C)C1=NCCCN1O)C1=NCCCN1O.Cl.Cl. The Morgan fingerprint density at radius 2 is 1.12 bits per heavy atom. The molecule has 0 aromatic rings. The smallest absolute Gasteiger partial charge is 0.152 e. The minimum Gasteiger partial charge on any atom is -0.287 e. The topological polar surface area (TPSA) is 96.4 Å². The van der Waals surface area contributed by atoms with E-state index in [1.165, 1.54) is 0 Å². The van der Waals surface area contributed by atoms with Gasteiger partial charge < -0.3 is 0 Å². The minimum atomic E-state index is -0.734. The fraction of sp³-hybridized carbons (Fsp3) is 0.857. The number of hydroxylamine groups is 4. The summed E-state index contributed by atoms with van der Waals surface area (Å²) in [6.45, 7) is 9.92. The highest BCUT2D eigenvalue weighted by Gasteiger charge is 2.35. The molecule has 0 unspecified atom stereocenters. The van der Waals surface area contributed by atoms with E-state index in [-0.39, 0.29) is 24.8 Å². The molecule has 2 aliphatic heterocycles. The maximum Gasteiger partial charge on any atom is 0.152 e. The Kier molecular flexibility index (Phi) is 8.58. The molecule has 2 N–H and O–H groups in total. The first kappa shape index (κ1) is 23.0. The van der Waals surface area contributed by atoms with Gasteiger partial charge in [0.1, 0.15) is 11.1 Å². The Balaban J connectivity index is 0.00000264. The van der Waals surface area contributed by atoms with E-state index in [9.17, 15) is 10.4 Å². The van der Waals surface area contributed by atoms with Gasteiger partial charge in [0.05, 0.1) is 0 Å². The molecule has 0 fully saturated rings. The van der Waals surface area contributed by atoms with Crippen LogP contribution in [0.2, 0.25) is 0 Å². The summed E-state index contributed by atoms with van der Waals surface area (Å²) in [5.74, 6) is 1.04. The number of nitrogens with zero attached hydrogens (tertiary/aromatic N) is 6. The van der Waals surface area contributed by atoms with Crippen LogP contribution >= 0.6 is 24.8 Å². The predicted molar refractivity (Wildman–Crippen MR) is 98.3 cm³/mol. The van der Waals surface area contributed by atoms with Gasteiger partial charge in [-0.1, -0.05) is 0 Å². The maximum atomic E-state index is 9.95. The van der Waals surface area contributed by atoms with Crippen molar-refractivity contribution in [2.24, 2.45) is 20.2 Å². The van der Waals surface area contributed by atoms with Crippen LogP contribution in [0.3, 0.4) is 0 Å². The van der Waals surface area contributed by atoms with Crippen molar-refractivity contribution in [3.05, 3.63) is 0 Å². The quantitative estimate of drug-likeness (QED) is 0.730. The standard InChI is InChI=1S/C14H26N6O2.2ClH/c1-13(2,11-15-7-5-9-19(11)21)17-18-14(3,4)12-16-8-6-10-20(12)22;;/h21-22H,5-10H2,1-4H3;2*1H/b18-17+;;. The lowest BCUT2D eigenvalue weighted by molar-refractivity contribution is -0.0269. The van der Waals surface area contributed by atoms with Crippen molar-refractivity contribution in [2.75, 3.05) is 26.2 Å². The highest BCUT2D eigenvalue weighted by molar-refractivity contribution is 5.91. The lowest BCUT2D eigenvalue weighted by atomic mass is 10.0. The van der Waals surface area contributed by atoms with Gasteiger partial charge in [-0.3, -0.25) is 20.4 Å². The Labute approximate surface area is 155 Å². The molecular weight excluding hydrogens is 355 g/mol. The van der Waals surface area contributed by atoms with Crippen molar-refractivity contribution in [2.45, 2.75) is 51.6 Å². The molecule has 0 amide bonds. The summed E-state index contributed by atoms with van der Waals surface area (Å²) in [7, 11) is 0. The third-order valence-electron chi connectivity index (χ3n) is 3.71. The van der Waals surface area contributed by atoms with Crippen molar-refractivity contribution >= 4 is 36.5 Å². The van der Waals surface area contributed by atoms with E-state index in [2.05, 4.69) is 20.2 Å². The first-order valence-electron chi connectivity index (χ1n) is 7.71. The first-order chi connectivity index (χ1) is 10.2. The fourth-order valence-corrected chi connectivity index (χ4v) is 2.54. The largest absolute Gasteiger partial charge is 0.287 e. The van der Waals surface area contributed by atoms with Crippen LogP contribution in [0.25, 0.3) is 0 Å². The zero-order valence-corrected chi connectivity index (χ0v) is 16.3. The number of hydrogen-bond donors (Lipinski definition) is 2. The van der Waals surface area contributed by atoms with Crippen LogP contribution < -0.4 is 0 Å². The van der Waals surface area contributed by atoms with E-state index in [4.69, 9.17) is 0 Å². The zero-order valence-electron chi connectivity index (χ0n) is 14.6. The summed E-state index contributed by atoms with van der Waals surface area (Å²) < 4.78 is 0. The van der Waals surface area contributed by atoms with E-state index in [1.807, 2.05) is 27.7 Å². The van der Waals surface area contributed by atoms with Gasteiger partial charge in [-0.2, -0.15) is 10.2 Å². The summed E-state index contributed by atoms with van der Waals surface area (Å²) in [5.41, 5.74) is -1.47. The first-order valence-corrected chi connectivity index (χ1v) is 7.71. The summed E-state index contributed by atoms with van der Waals surface area (Å²) in [5, 5.41) is 31.0. The molecule has 0 saturated carbocycles. The molecule has 2 heterocycles. The lowest BCUT2D eigenvalue weighted by Gasteiger charge is -2.33. The van der Waals surface area contributed by atoms with Crippen molar-refractivity contribution in [1.29, 1.82) is 0 Å². The molecule has 10 heteroatoms. The molecule has 0 bridgehead atoms. The van der Waals surface area contributed by atoms with E-state index in [1.54, 1.807) is 0 Å². The molecule has 140 valence electrons. The van der Waals surface area contributed by atoms with Crippen molar-refractivity contribution in [3.63, 3.8) is 0 Å². The van der Waals surface area contributed by atoms with E-state index in [0.717, 1.165) is 23.0 Å². The second-order valence-corrected chi connectivity index (χ2v) is 6.68. The van der Waals surface area contributed by atoms with Crippen LogP contribution in [0.4, 0.5) is 0 Å². The summed E-state index contributed by atoms with van der Waals surface area (Å²) in [4.78, 5) is 8.72. The molecule has 0 atom stereocenters. The molecule has 0 aromatic carbocycles. The second-order valence-electron chi connectivity index (χ2n) is 6.68. The number of azo groups is 1. The zero-order chi connectivity index (χ0) is 16.4. The van der Waals surface area contributed by atoms with Crippen LogP contribution in [-0.4, -0.2) is 69.5 Å². The number of rotatable bonds is 4. The lowest BCUT2D eigenvalue weighted by Crippen LogP contribution is -2.47. The monoisotopic (exact) mass is 382 g/mol. The minimum absolute atomic E-state index is 0. The van der Waals surface area contributed by atoms with Crippen LogP contribution in [-0.2, 0) is 0 Å². The van der Waals surface area contributed by atoms with Gasteiger partial charge in [-0.05, 0) is 40.5 Å². The van der Waals surface area contributed by atoms with Gasteiger partial charge in [0.15, 0.2) is 11.7 Å². The molecule has 0 aliphatic carbocycles. The van der Waals surface area contributed by atoms with E-state index < -0.39 is 11.1 Å². The molecule has 0 saturated heterocycles. The maximum absolute atomic E-state index is 9.95. The van der Waals surface area contributed by atoms with E-state index in [0.29, 0.717) is 37.9 Å². The Morgan fingerprint density at radius 3 is 1.42 bits per heavy atom. The normalized spacial score (nSPS) is 19.4. The Bertz CT molecular complexity index is 463. The average molecular weight is 383 g/mol. The predicted octanol–water partition coefficient (Wildman–Crippen LogP) is 2.83. The number of halogens is 2. The highest BCUT2D eigenvalue weighted by atomic mass is 35.5. The highest BCUT2D eigenvalue weighted by Crippen LogP contribution is 2.23. The van der Waals surface area contributed by atoms with Crippen LogP contribution in [0.5, 0.6) is 0 Å². The number of aliphatic imine (C=N–C) groups is 2. The van der Waals surface area contributed by atoms with Gasteiger partial charge in [0.25, 0.3) is 0 Å².